The summed E-state index contributed by atoms with van der Waals surface area (Å²) in [5, 5.41) is 14.1. The van der Waals surface area contributed by atoms with Crippen LogP contribution < -0.4 is 5.32 Å². The molecule has 0 saturated heterocycles. The molecule has 0 atom stereocenters. The summed E-state index contributed by atoms with van der Waals surface area (Å²) in [5.41, 5.74) is 0. The summed E-state index contributed by atoms with van der Waals surface area (Å²) >= 11 is 1.10. The molecular weight excluding hydrogens is 290 g/mol. The SMILES string of the molecule is CC(C)CNCCCc1ncc(-c2ccc([N+](=O)[O-])s2)o1. The van der Waals surface area contributed by atoms with E-state index in [4.69, 9.17) is 4.42 Å². The van der Waals surface area contributed by atoms with Crippen LogP contribution in [-0.4, -0.2) is 23.0 Å². The second-order valence-corrected chi connectivity index (χ2v) is 6.28. The highest BCUT2D eigenvalue weighted by Crippen LogP contribution is 2.32. The third-order valence-electron chi connectivity index (χ3n) is 2.86. The maximum absolute atomic E-state index is 10.7. The van der Waals surface area contributed by atoms with Crippen molar-refractivity contribution < 1.29 is 9.34 Å². The van der Waals surface area contributed by atoms with Crippen molar-refractivity contribution in [2.75, 3.05) is 13.1 Å². The van der Waals surface area contributed by atoms with Crippen molar-refractivity contribution in [2.24, 2.45) is 5.92 Å². The van der Waals surface area contributed by atoms with Crippen LogP contribution in [0.4, 0.5) is 5.00 Å². The number of rotatable bonds is 8. The van der Waals surface area contributed by atoms with Gasteiger partial charge in [-0.25, -0.2) is 4.98 Å². The van der Waals surface area contributed by atoms with Crippen LogP contribution in [0.2, 0.25) is 0 Å². The Bertz CT molecular complexity index is 592. The molecule has 0 aliphatic heterocycles. The summed E-state index contributed by atoms with van der Waals surface area (Å²) < 4.78 is 5.64. The summed E-state index contributed by atoms with van der Waals surface area (Å²) in [4.78, 5) is 15.2. The normalized spacial score (nSPS) is 11.2. The number of nitrogens with zero attached hydrogens (tertiary/aromatic N) is 2. The highest BCUT2D eigenvalue weighted by Gasteiger charge is 2.14. The maximum Gasteiger partial charge on any atom is 0.324 e. The van der Waals surface area contributed by atoms with Gasteiger partial charge >= 0.3 is 5.00 Å². The Hall–Kier alpha value is -1.73. The van der Waals surface area contributed by atoms with Crippen molar-refractivity contribution in [1.82, 2.24) is 10.3 Å². The van der Waals surface area contributed by atoms with E-state index in [1.165, 1.54) is 6.07 Å². The average molecular weight is 309 g/mol. The van der Waals surface area contributed by atoms with E-state index in [-0.39, 0.29) is 5.00 Å². The third kappa shape index (κ3) is 4.64. The number of aromatic nitrogens is 1. The minimum atomic E-state index is -0.397. The zero-order valence-corrected chi connectivity index (χ0v) is 13.0. The lowest BCUT2D eigenvalue weighted by Gasteiger charge is -2.05. The van der Waals surface area contributed by atoms with Crippen molar-refractivity contribution >= 4 is 16.3 Å². The molecule has 2 aromatic rings. The smallest absolute Gasteiger partial charge is 0.324 e. The van der Waals surface area contributed by atoms with E-state index in [0.29, 0.717) is 17.6 Å². The van der Waals surface area contributed by atoms with Crippen molar-refractivity contribution in [3.8, 4) is 10.6 Å². The van der Waals surface area contributed by atoms with Crippen molar-refractivity contribution in [2.45, 2.75) is 26.7 Å². The first-order valence-electron chi connectivity index (χ1n) is 6.96. The van der Waals surface area contributed by atoms with E-state index < -0.39 is 4.92 Å². The number of oxazole rings is 1. The van der Waals surface area contributed by atoms with Crippen LogP contribution in [0.1, 0.15) is 26.2 Å². The molecule has 0 radical (unpaired) electrons. The molecule has 0 amide bonds. The minimum absolute atomic E-state index is 0.112. The van der Waals surface area contributed by atoms with Gasteiger partial charge in [0.25, 0.3) is 0 Å². The molecule has 7 heteroatoms. The van der Waals surface area contributed by atoms with Crippen molar-refractivity contribution in [3.63, 3.8) is 0 Å². The zero-order chi connectivity index (χ0) is 15.2. The van der Waals surface area contributed by atoms with Gasteiger partial charge < -0.3 is 9.73 Å². The van der Waals surface area contributed by atoms with Crippen LogP contribution in [-0.2, 0) is 6.42 Å². The Morgan fingerprint density at radius 1 is 1.48 bits per heavy atom. The van der Waals surface area contributed by atoms with Gasteiger partial charge in [0.05, 0.1) is 16.0 Å². The van der Waals surface area contributed by atoms with Crippen LogP contribution in [0.3, 0.4) is 0 Å². The molecule has 2 heterocycles. The minimum Gasteiger partial charge on any atom is -0.440 e. The fourth-order valence-corrected chi connectivity index (χ4v) is 2.62. The van der Waals surface area contributed by atoms with Gasteiger partial charge in [-0.1, -0.05) is 25.2 Å². The molecule has 0 fully saturated rings. The Morgan fingerprint density at radius 3 is 2.95 bits per heavy atom. The second kappa shape index (κ2) is 7.33. The first-order chi connectivity index (χ1) is 10.1. The van der Waals surface area contributed by atoms with E-state index in [1.807, 2.05) is 0 Å². The third-order valence-corrected chi connectivity index (χ3v) is 3.92. The molecule has 2 rings (SSSR count). The van der Waals surface area contributed by atoms with Gasteiger partial charge in [0.1, 0.15) is 0 Å². The maximum atomic E-state index is 10.7. The Kier molecular flexibility index (Phi) is 5.46. The molecule has 0 aliphatic carbocycles. The molecule has 21 heavy (non-hydrogen) atoms. The van der Waals surface area contributed by atoms with Gasteiger partial charge in [-0.2, -0.15) is 0 Å². The van der Waals surface area contributed by atoms with Gasteiger partial charge in [-0.15, -0.1) is 0 Å². The Balaban J connectivity index is 1.84. The molecule has 2 aromatic heterocycles. The van der Waals surface area contributed by atoms with Crippen molar-refractivity contribution in [3.05, 3.63) is 34.3 Å². The number of thiophene rings is 1. The second-order valence-electron chi connectivity index (χ2n) is 5.21. The van der Waals surface area contributed by atoms with Crippen LogP contribution in [0.25, 0.3) is 10.6 Å². The quantitative estimate of drug-likeness (QED) is 0.458. The number of hydrogen-bond acceptors (Lipinski definition) is 6. The van der Waals surface area contributed by atoms with Gasteiger partial charge in [0.15, 0.2) is 11.7 Å². The molecule has 6 nitrogen and oxygen atoms in total. The molecule has 0 saturated carbocycles. The van der Waals surface area contributed by atoms with Gasteiger partial charge in [-0.05, 0) is 31.5 Å². The van der Waals surface area contributed by atoms with Gasteiger partial charge in [-0.3, -0.25) is 10.1 Å². The average Bonchev–Trinajstić information content (AvgIpc) is 3.06. The van der Waals surface area contributed by atoms with Crippen LogP contribution in [0, 0.1) is 16.0 Å². The van der Waals surface area contributed by atoms with E-state index in [1.54, 1.807) is 12.3 Å². The van der Waals surface area contributed by atoms with Crippen LogP contribution >= 0.6 is 11.3 Å². The number of hydrogen-bond donors (Lipinski definition) is 1. The topological polar surface area (TPSA) is 81.2 Å². The first-order valence-corrected chi connectivity index (χ1v) is 7.78. The predicted molar refractivity (Wildman–Crippen MR) is 82.5 cm³/mol. The number of nitrogens with one attached hydrogen (secondary N) is 1. The van der Waals surface area contributed by atoms with Crippen molar-refractivity contribution in [1.29, 1.82) is 0 Å². The molecular formula is C14H19N3O3S. The summed E-state index contributed by atoms with van der Waals surface area (Å²) in [6, 6.07) is 3.18. The standard InChI is InChI=1S/C14H19N3O3S/c1-10(2)8-15-7-3-4-13-16-9-11(20-13)12-5-6-14(21-12)17(18)19/h5-6,9-10,15H,3-4,7-8H2,1-2H3. The fourth-order valence-electron chi connectivity index (χ4n) is 1.85. The lowest BCUT2D eigenvalue weighted by molar-refractivity contribution is -0.380. The lowest BCUT2D eigenvalue weighted by atomic mass is 10.2. The number of aryl methyl sites for hydroxylation is 1. The molecule has 0 aromatic carbocycles. The Labute approximate surface area is 127 Å². The van der Waals surface area contributed by atoms with E-state index in [2.05, 4.69) is 24.1 Å². The molecule has 0 spiro atoms. The summed E-state index contributed by atoms with van der Waals surface area (Å²) in [5.74, 6) is 1.92. The van der Waals surface area contributed by atoms with Crippen LogP contribution in [0.5, 0.6) is 0 Å². The van der Waals surface area contributed by atoms with Gasteiger partial charge in [0.2, 0.25) is 0 Å². The molecule has 1 N–H and O–H groups in total. The highest BCUT2D eigenvalue weighted by molar-refractivity contribution is 7.18. The molecule has 114 valence electrons. The molecule has 0 aliphatic rings. The lowest BCUT2D eigenvalue weighted by Crippen LogP contribution is -2.21. The largest absolute Gasteiger partial charge is 0.440 e. The van der Waals surface area contributed by atoms with E-state index in [0.717, 1.165) is 42.1 Å². The predicted octanol–water partition coefficient (Wildman–Crippen LogP) is 3.49. The molecule has 0 unspecified atom stereocenters. The van der Waals surface area contributed by atoms with E-state index >= 15 is 0 Å². The summed E-state index contributed by atoms with van der Waals surface area (Å²) in [6.07, 6.45) is 3.35. The Morgan fingerprint density at radius 2 is 2.29 bits per heavy atom. The fraction of sp³-hybridized carbons (Fsp3) is 0.500. The first kappa shape index (κ1) is 15.7. The van der Waals surface area contributed by atoms with E-state index in [9.17, 15) is 10.1 Å². The molecule has 0 bridgehead atoms. The van der Waals surface area contributed by atoms with Gasteiger partial charge in [0, 0.05) is 12.5 Å². The zero-order valence-electron chi connectivity index (χ0n) is 12.2. The van der Waals surface area contributed by atoms with Crippen LogP contribution in [0.15, 0.2) is 22.7 Å². The summed E-state index contributed by atoms with van der Waals surface area (Å²) in [6.45, 7) is 6.29. The number of nitro groups is 1. The highest BCUT2D eigenvalue weighted by atomic mass is 32.1. The summed E-state index contributed by atoms with van der Waals surface area (Å²) in [7, 11) is 0. The monoisotopic (exact) mass is 309 g/mol.